The third kappa shape index (κ3) is 5.84. The molecule has 1 rings (SSSR count). The zero-order valence-electron chi connectivity index (χ0n) is 13.1. The lowest BCUT2D eigenvalue weighted by Crippen LogP contribution is -2.35. The second-order valence-electron chi connectivity index (χ2n) is 5.68. The maximum absolute atomic E-state index is 12.6. The molecule has 0 aromatic carbocycles. The summed E-state index contributed by atoms with van der Waals surface area (Å²) in [7, 11) is 1.07. The molecule has 1 heterocycles. The normalized spacial score (nSPS) is 13.3. The number of ether oxygens (including phenoxy) is 2. The number of aromatic nitrogens is 2. The van der Waals surface area contributed by atoms with E-state index in [0.717, 1.165) is 13.3 Å². The highest BCUT2D eigenvalue weighted by Crippen LogP contribution is 2.26. The fourth-order valence-electron chi connectivity index (χ4n) is 1.63. The maximum Gasteiger partial charge on any atom is 0.451 e. The highest BCUT2D eigenvalue weighted by atomic mass is 19.4. The van der Waals surface area contributed by atoms with E-state index in [2.05, 4.69) is 14.7 Å². The minimum absolute atomic E-state index is 0.117. The van der Waals surface area contributed by atoms with E-state index in [4.69, 9.17) is 4.74 Å². The Morgan fingerprint density at radius 2 is 1.83 bits per heavy atom. The summed E-state index contributed by atoms with van der Waals surface area (Å²) in [5, 5.41) is 0. The standard InChI is InChI=1S/C14H17F3N2O4/c1-13(2,3)23-11(21)9(10(20)22-4)7-8-5-6-18-12(19-8)14(15,16)17/h5-6,9H,7H2,1-4H3. The van der Waals surface area contributed by atoms with Crippen molar-refractivity contribution in [2.24, 2.45) is 5.92 Å². The third-order valence-electron chi connectivity index (χ3n) is 2.56. The maximum atomic E-state index is 12.6. The molecule has 0 bridgehead atoms. The number of carbonyl (C=O) groups is 2. The molecule has 0 aliphatic heterocycles. The third-order valence-corrected chi connectivity index (χ3v) is 2.56. The van der Waals surface area contributed by atoms with E-state index in [0.29, 0.717) is 0 Å². The molecule has 9 heteroatoms. The van der Waals surface area contributed by atoms with Crippen LogP contribution in [0.25, 0.3) is 0 Å². The monoisotopic (exact) mass is 334 g/mol. The quantitative estimate of drug-likeness (QED) is 0.620. The Labute approximate surface area is 131 Å². The van der Waals surface area contributed by atoms with E-state index in [-0.39, 0.29) is 12.1 Å². The zero-order chi connectivity index (χ0) is 17.8. The average Bonchev–Trinajstić information content (AvgIpc) is 2.41. The van der Waals surface area contributed by atoms with Gasteiger partial charge in [-0.25, -0.2) is 9.97 Å². The molecular weight excluding hydrogens is 317 g/mol. The van der Waals surface area contributed by atoms with E-state index in [9.17, 15) is 22.8 Å². The lowest BCUT2D eigenvalue weighted by molar-refractivity contribution is -0.168. The van der Waals surface area contributed by atoms with Gasteiger partial charge in [0.05, 0.1) is 7.11 Å². The van der Waals surface area contributed by atoms with Gasteiger partial charge in [0.15, 0.2) is 5.92 Å². The number of esters is 2. The fourth-order valence-corrected chi connectivity index (χ4v) is 1.63. The largest absolute Gasteiger partial charge is 0.468 e. The van der Waals surface area contributed by atoms with Crippen LogP contribution in [0.4, 0.5) is 13.2 Å². The molecule has 23 heavy (non-hydrogen) atoms. The van der Waals surface area contributed by atoms with Crippen molar-refractivity contribution in [2.75, 3.05) is 7.11 Å². The van der Waals surface area contributed by atoms with Gasteiger partial charge in [-0.1, -0.05) is 0 Å². The molecule has 0 fully saturated rings. The Hall–Kier alpha value is -2.19. The van der Waals surface area contributed by atoms with Crippen molar-refractivity contribution in [1.29, 1.82) is 0 Å². The first-order valence-electron chi connectivity index (χ1n) is 6.64. The number of alkyl halides is 3. The Morgan fingerprint density at radius 1 is 1.22 bits per heavy atom. The molecule has 0 saturated carbocycles. The molecule has 0 spiro atoms. The summed E-state index contributed by atoms with van der Waals surface area (Å²) in [5.74, 6) is -4.55. The van der Waals surface area contributed by atoms with Crippen LogP contribution in [0.15, 0.2) is 12.3 Å². The number of hydrogen-bond donors (Lipinski definition) is 0. The van der Waals surface area contributed by atoms with Crippen molar-refractivity contribution >= 4 is 11.9 Å². The van der Waals surface area contributed by atoms with Crippen LogP contribution in [0.3, 0.4) is 0 Å². The van der Waals surface area contributed by atoms with Crippen LogP contribution in [-0.4, -0.2) is 34.6 Å². The summed E-state index contributed by atoms with van der Waals surface area (Å²) in [6.07, 6.45) is -4.19. The second kappa shape index (κ2) is 6.93. The number of methoxy groups -OCH3 is 1. The smallest absolute Gasteiger partial charge is 0.451 e. The molecule has 0 aliphatic carbocycles. The lowest BCUT2D eigenvalue weighted by atomic mass is 10.0. The van der Waals surface area contributed by atoms with Crippen molar-refractivity contribution in [2.45, 2.75) is 39.0 Å². The van der Waals surface area contributed by atoms with Crippen molar-refractivity contribution in [3.63, 3.8) is 0 Å². The topological polar surface area (TPSA) is 78.4 Å². The Bertz CT molecular complexity index is 582. The first-order valence-corrected chi connectivity index (χ1v) is 6.64. The number of halogens is 3. The number of hydrogen-bond acceptors (Lipinski definition) is 6. The lowest BCUT2D eigenvalue weighted by Gasteiger charge is -2.22. The van der Waals surface area contributed by atoms with E-state index in [1.807, 2.05) is 0 Å². The highest BCUT2D eigenvalue weighted by Gasteiger charge is 2.36. The number of carbonyl (C=O) groups excluding carboxylic acids is 2. The predicted octanol–water partition coefficient (Wildman–Crippen LogP) is 2.17. The van der Waals surface area contributed by atoms with Gasteiger partial charge in [0.1, 0.15) is 5.60 Å². The zero-order valence-corrected chi connectivity index (χ0v) is 13.1. The summed E-state index contributed by atoms with van der Waals surface area (Å²) in [4.78, 5) is 30.2. The first kappa shape index (κ1) is 18.9. The van der Waals surface area contributed by atoms with Crippen LogP contribution in [0.1, 0.15) is 32.3 Å². The molecule has 6 nitrogen and oxygen atoms in total. The van der Waals surface area contributed by atoms with Gasteiger partial charge < -0.3 is 9.47 Å². The van der Waals surface area contributed by atoms with E-state index in [1.54, 1.807) is 20.8 Å². The molecular formula is C14H17F3N2O4. The molecule has 128 valence electrons. The van der Waals surface area contributed by atoms with Gasteiger partial charge in [-0.15, -0.1) is 0 Å². The molecule has 0 aliphatic rings. The minimum atomic E-state index is -4.72. The van der Waals surface area contributed by atoms with Gasteiger partial charge in [0, 0.05) is 18.3 Å². The molecule has 1 atom stereocenters. The molecule has 0 N–H and O–H groups in total. The Morgan fingerprint density at radius 3 is 2.30 bits per heavy atom. The van der Waals surface area contributed by atoms with Crippen LogP contribution in [0.5, 0.6) is 0 Å². The SMILES string of the molecule is COC(=O)C(Cc1ccnc(C(F)(F)F)n1)C(=O)OC(C)(C)C. The van der Waals surface area contributed by atoms with Crippen molar-refractivity contribution in [3.05, 3.63) is 23.8 Å². The molecule has 1 aromatic rings. The predicted molar refractivity (Wildman–Crippen MR) is 72.1 cm³/mol. The fraction of sp³-hybridized carbons (Fsp3) is 0.571. The van der Waals surface area contributed by atoms with Crippen LogP contribution in [-0.2, 0) is 31.7 Å². The summed E-state index contributed by atoms with van der Waals surface area (Å²) in [6, 6.07) is 1.19. The van der Waals surface area contributed by atoms with Crippen molar-refractivity contribution in [1.82, 2.24) is 9.97 Å². The van der Waals surface area contributed by atoms with Gasteiger partial charge >= 0.3 is 18.1 Å². The number of rotatable bonds is 4. The first-order chi connectivity index (χ1) is 10.4. The number of nitrogens with zero attached hydrogens (tertiary/aromatic N) is 2. The molecule has 1 unspecified atom stereocenters. The van der Waals surface area contributed by atoms with E-state index >= 15 is 0 Å². The van der Waals surface area contributed by atoms with Gasteiger partial charge in [0.2, 0.25) is 5.82 Å². The summed E-state index contributed by atoms with van der Waals surface area (Å²) < 4.78 is 47.4. The van der Waals surface area contributed by atoms with Gasteiger partial charge in [0.25, 0.3) is 0 Å². The van der Waals surface area contributed by atoms with E-state index in [1.165, 1.54) is 6.07 Å². The summed E-state index contributed by atoms with van der Waals surface area (Å²) in [5.41, 5.74) is -0.972. The Kier molecular flexibility index (Phi) is 5.68. The average molecular weight is 334 g/mol. The van der Waals surface area contributed by atoms with Crippen molar-refractivity contribution < 1.29 is 32.2 Å². The summed E-state index contributed by atoms with van der Waals surface area (Å²) >= 11 is 0. The highest BCUT2D eigenvalue weighted by molar-refractivity contribution is 5.95. The Balaban J connectivity index is 3.03. The van der Waals surface area contributed by atoms with Crippen LogP contribution in [0.2, 0.25) is 0 Å². The molecule has 0 saturated heterocycles. The van der Waals surface area contributed by atoms with Gasteiger partial charge in [-0.2, -0.15) is 13.2 Å². The van der Waals surface area contributed by atoms with E-state index < -0.39 is 35.5 Å². The molecule has 0 amide bonds. The minimum Gasteiger partial charge on any atom is -0.468 e. The van der Waals surface area contributed by atoms with Crippen LogP contribution in [0, 0.1) is 5.92 Å². The van der Waals surface area contributed by atoms with Crippen LogP contribution >= 0.6 is 0 Å². The molecule has 0 radical (unpaired) electrons. The molecule has 1 aromatic heterocycles. The van der Waals surface area contributed by atoms with Crippen LogP contribution < -0.4 is 0 Å². The second-order valence-corrected chi connectivity index (χ2v) is 5.68. The van der Waals surface area contributed by atoms with Gasteiger partial charge in [-0.3, -0.25) is 9.59 Å². The van der Waals surface area contributed by atoms with Crippen molar-refractivity contribution in [3.8, 4) is 0 Å². The summed E-state index contributed by atoms with van der Waals surface area (Å²) in [6.45, 7) is 4.81. The van der Waals surface area contributed by atoms with Gasteiger partial charge in [-0.05, 0) is 26.8 Å².